The standard InChI is InChI=1S/C21H28N2O4S/c1-23(2)15-14-17-6-8-18(9-7-17)22-21(24)5-4-16-27-19-10-12-20(13-11-19)28(3,25)26/h6-13H,4-5,14-16H2,1-3H3,(H,22,24). The van der Waals surface area contributed by atoms with Crippen molar-refractivity contribution in [3.63, 3.8) is 0 Å². The lowest BCUT2D eigenvalue weighted by Gasteiger charge is -2.10. The molecule has 0 bridgehead atoms. The zero-order valence-corrected chi connectivity index (χ0v) is 17.5. The van der Waals surface area contributed by atoms with Gasteiger partial charge in [0, 0.05) is 24.9 Å². The van der Waals surface area contributed by atoms with E-state index < -0.39 is 9.84 Å². The highest BCUT2D eigenvalue weighted by Gasteiger charge is 2.07. The van der Waals surface area contributed by atoms with Crippen molar-refractivity contribution in [2.45, 2.75) is 24.2 Å². The third kappa shape index (κ3) is 7.70. The first-order valence-electron chi connectivity index (χ1n) is 9.20. The molecule has 6 nitrogen and oxygen atoms in total. The van der Waals surface area contributed by atoms with E-state index in [2.05, 4.69) is 10.2 Å². The maximum atomic E-state index is 12.0. The number of carbonyl (C=O) groups excluding carboxylic acids is 1. The molecular formula is C21H28N2O4S. The molecule has 152 valence electrons. The van der Waals surface area contributed by atoms with Gasteiger partial charge in [0.1, 0.15) is 5.75 Å². The number of sulfone groups is 1. The summed E-state index contributed by atoms with van der Waals surface area (Å²) in [7, 11) is 0.883. The van der Waals surface area contributed by atoms with Crippen molar-refractivity contribution < 1.29 is 17.9 Å². The van der Waals surface area contributed by atoms with E-state index in [1.807, 2.05) is 38.4 Å². The fourth-order valence-electron chi connectivity index (χ4n) is 2.54. The highest BCUT2D eigenvalue weighted by atomic mass is 32.2. The Bertz CT molecular complexity index is 860. The van der Waals surface area contributed by atoms with Crippen LogP contribution in [0.25, 0.3) is 0 Å². The van der Waals surface area contributed by atoms with Crippen LogP contribution in [0.15, 0.2) is 53.4 Å². The number of rotatable bonds is 10. The molecule has 0 unspecified atom stereocenters. The number of likely N-dealkylation sites (N-methyl/N-ethyl adjacent to an activating group) is 1. The molecule has 0 heterocycles. The Morgan fingerprint density at radius 2 is 1.68 bits per heavy atom. The van der Waals surface area contributed by atoms with Crippen molar-refractivity contribution in [1.82, 2.24) is 4.90 Å². The van der Waals surface area contributed by atoms with Crippen LogP contribution in [0.1, 0.15) is 18.4 Å². The van der Waals surface area contributed by atoms with E-state index in [4.69, 9.17) is 4.74 Å². The Morgan fingerprint density at radius 3 is 2.25 bits per heavy atom. The van der Waals surface area contributed by atoms with Gasteiger partial charge >= 0.3 is 0 Å². The molecule has 2 rings (SSSR count). The molecule has 0 aliphatic rings. The highest BCUT2D eigenvalue weighted by Crippen LogP contribution is 2.16. The molecule has 0 saturated carbocycles. The summed E-state index contributed by atoms with van der Waals surface area (Å²) in [5.41, 5.74) is 2.03. The van der Waals surface area contributed by atoms with Gasteiger partial charge in [0.15, 0.2) is 9.84 Å². The second-order valence-electron chi connectivity index (χ2n) is 6.99. The lowest BCUT2D eigenvalue weighted by atomic mass is 10.1. The predicted molar refractivity (Wildman–Crippen MR) is 112 cm³/mol. The zero-order valence-electron chi connectivity index (χ0n) is 16.6. The molecule has 28 heavy (non-hydrogen) atoms. The molecule has 0 atom stereocenters. The van der Waals surface area contributed by atoms with E-state index in [0.717, 1.165) is 18.7 Å². The van der Waals surface area contributed by atoms with Gasteiger partial charge in [-0.05, 0) is 68.9 Å². The highest BCUT2D eigenvalue weighted by molar-refractivity contribution is 7.90. The van der Waals surface area contributed by atoms with Crippen LogP contribution in [0.4, 0.5) is 5.69 Å². The Balaban J connectivity index is 1.70. The summed E-state index contributed by atoms with van der Waals surface area (Å²) >= 11 is 0. The van der Waals surface area contributed by atoms with Crippen LogP contribution in [-0.4, -0.2) is 52.7 Å². The van der Waals surface area contributed by atoms with E-state index in [0.29, 0.717) is 25.2 Å². The average molecular weight is 405 g/mol. The van der Waals surface area contributed by atoms with E-state index in [1.165, 1.54) is 24.0 Å². The Labute approximate surface area is 167 Å². The molecule has 0 radical (unpaired) electrons. The molecule has 0 spiro atoms. The van der Waals surface area contributed by atoms with E-state index in [9.17, 15) is 13.2 Å². The Morgan fingerprint density at radius 1 is 1.04 bits per heavy atom. The molecule has 2 aromatic carbocycles. The van der Waals surface area contributed by atoms with Crippen LogP contribution in [0.3, 0.4) is 0 Å². The van der Waals surface area contributed by atoms with Crippen LogP contribution in [0.5, 0.6) is 5.75 Å². The fourth-order valence-corrected chi connectivity index (χ4v) is 3.17. The van der Waals surface area contributed by atoms with Crippen LogP contribution in [0, 0.1) is 0 Å². The quantitative estimate of drug-likeness (QED) is 0.616. The normalized spacial score (nSPS) is 11.4. The minimum Gasteiger partial charge on any atom is -0.494 e. The summed E-state index contributed by atoms with van der Waals surface area (Å²) in [6, 6.07) is 14.2. The average Bonchev–Trinajstić information content (AvgIpc) is 2.64. The van der Waals surface area contributed by atoms with Crippen molar-refractivity contribution in [3.8, 4) is 5.75 Å². The molecule has 0 saturated heterocycles. The van der Waals surface area contributed by atoms with Crippen molar-refractivity contribution in [2.24, 2.45) is 0 Å². The van der Waals surface area contributed by atoms with Gasteiger partial charge < -0.3 is 15.0 Å². The number of ether oxygens (including phenoxy) is 1. The summed E-state index contributed by atoms with van der Waals surface area (Å²) in [5, 5.41) is 2.89. The van der Waals surface area contributed by atoms with Crippen molar-refractivity contribution in [2.75, 3.05) is 38.8 Å². The van der Waals surface area contributed by atoms with E-state index in [-0.39, 0.29) is 10.8 Å². The fraction of sp³-hybridized carbons (Fsp3) is 0.381. The monoisotopic (exact) mass is 404 g/mol. The Hall–Kier alpha value is -2.38. The third-order valence-corrected chi connectivity index (χ3v) is 5.28. The first kappa shape index (κ1) is 21.9. The van der Waals surface area contributed by atoms with Crippen LogP contribution in [0.2, 0.25) is 0 Å². The van der Waals surface area contributed by atoms with E-state index in [1.54, 1.807) is 12.1 Å². The second-order valence-corrected chi connectivity index (χ2v) is 9.01. The van der Waals surface area contributed by atoms with Gasteiger partial charge in [0.05, 0.1) is 11.5 Å². The minimum absolute atomic E-state index is 0.0583. The summed E-state index contributed by atoms with van der Waals surface area (Å²) < 4.78 is 28.4. The van der Waals surface area contributed by atoms with Crippen molar-refractivity contribution >= 4 is 21.4 Å². The third-order valence-electron chi connectivity index (χ3n) is 4.15. The van der Waals surface area contributed by atoms with Gasteiger partial charge in [-0.3, -0.25) is 4.79 Å². The lowest BCUT2D eigenvalue weighted by molar-refractivity contribution is -0.116. The summed E-state index contributed by atoms with van der Waals surface area (Å²) in [5.74, 6) is 0.526. The molecule has 1 amide bonds. The second kappa shape index (κ2) is 10.2. The summed E-state index contributed by atoms with van der Waals surface area (Å²) in [6.45, 7) is 1.37. The lowest BCUT2D eigenvalue weighted by Crippen LogP contribution is -2.15. The molecule has 2 aromatic rings. The zero-order chi connectivity index (χ0) is 20.6. The SMILES string of the molecule is CN(C)CCc1ccc(NC(=O)CCCOc2ccc(S(C)(=O)=O)cc2)cc1. The van der Waals surface area contributed by atoms with Gasteiger partial charge in [-0.25, -0.2) is 8.42 Å². The number of hydrogen-bond acceptors (Lipinski definition) is 5. The number of benzene rings is 2. The smallest absolute Gasteiger partial charge is 0.224 e. The molecule has 0 aromatic heterocycles. The largest absolute Gasteiger partial charge is 0.494 e. The number of hydrogen-bond donors (Lipinski definition) is 1. The van der Waals surface area contributed by atoms with Crippen molar-refractivity contribution in [3.05, 3.63) is 54.1 Å². The first-order valence-corrected chi connectivity index (χ1v) is 11.1. The first-order chi connectivity index (χ1) is 13.2. The van der Waals surface area contributed by atoms with Gasteiger partial charge in [0.25, 0.3) is 0 Å². The number of amides is 1. The topological polar surface area (TPSA) is 75.7 Å². The van der Waals surface area contributed by atoms with Crippen LogP contribution in [-0.2, 0) is 21.1 Å². The maximum absolute atomic E-state index is 12.0. The number of anilines is 1. The van der Waals surface area contributed by atoms with Crippen molar-refractivity contribution in [1.29, 1.82) is 0 Å². The molecule has 7 heteroatoms. The van der Waals surface area contributed by atoms with Gasteiger partial charge in [-0.15, -0.1) is 0 Å². The summed E-state index contributed by atoms with van der Waals surface area (Å²) in [6.07, 6.45) is 3.06. The maximum Gasteiger partial charge on any atom is 0.224 e. The molecule has 0 aliphatic heterocycles. The molecular weight excluding hydrogens is 376 g/mol. The molecule has 0 aliphatic carbocycles. The Kier molecular flexibility index (Phi) is 8.02. The number of carbonyl (C=O) groups is 1. The van der Waals surface area contributed by atoms with Crippen LogP contribution < -0.4 is 10.1 Å². The van der Waals surface area contributed by atoms with E-state index >= 15 is 0 Å². The van der Waals surface area contributed by atoms with Gasteiger partial charge in [-0.2, -0.15) is 0 Å². The van der Waals surface area contributed by atoms with Gasteiger partial charge in [0.2, 0.25) is 5.91 Å². The number of nitrogens with zero attached hydrogens (tertiary/aromatic N) is 1. The number of nitrogens with one attached hydrogen (secondary N) is 1. The van der Waals surface area contributed by atoms with Gasteiger partial charge in [-0.1, -0.05) is 12.1 Å². The van der Waals surface area contributed by atoms with Crippen LogP contribution >= 0.6 is 0 Å². The molecule has 0 fully saturated rings. The minimum atomic E-state index is -3.21. The molecule has 1 N–H and O–H groups in total. The predicted octanol–water partition coefficient (Wildman–Crippen LogP) is 2.99. The summed E-state index contributed by atoms with van der Waals surface area (Å²) in [4.78, 5) is 14.4.